The van der Waals surface area contributed by atoms with E-state index in [0.717, 1.165) is 30.8 Å². The molecule has 4 amide bonds. The summed E-state index contributed by atoms with van der Waals surface area (Å²) < 4.78 is 0. The van der Waals surface area contributed by atoms with Gasteiger partial charge in [0.15, 0.2) is 0 Å². The van der Waals surface area contributed by atoms with Crippen LogP contribution in [0.2, 0.25) is 0 Å². The maximum Gasteiger partial charge on any atom is 0.325 e. The van der Waals surface area contributed by atoms with Gasteiger partial charge in [0, 0.05) is 25.7 Å². The first-order chi connectivity index (χ1) is 10.0. The highest BCUT2D eigenvalue weighted by molar-refractivity contribution is 6.09. The smallest absolute Gasteiger partial charge is 0.325 e. The molecule has 1 saturated carbocycles. The first kappa shape index (κ1) is 17.0. The molecule has 0 aromatic heterocycles. The van der Waals surface area contributed by atoms with E-state index in [0.29, 0.717) is 19.4 Å². The number of carbonyl (C=O) groups excluding carboxylic acids is 3. The van der Waals surface area contributed by atoms with E-state index in [-0.39, 0.29) is 36.8 Å². The average molecular weight is 331 g/mol. The zero-order chi connectivity index (χ0) is 15.0. The summed E-state index contributed by atoms with van der Waals surface area (Å²) in [7, 11) is 0. The lowest BCUT2D eigenvalue weighted by atomic mass is 9.98. The van der Waals surface area contributed by atoms with Gasteiger partial charge in [-0.15, -0.1) is 12.4 Å². The zero-order valence-corrected chi connectivity index (χ0v) is 13.6. The van der Waals surface area contributed by atoms with Crippen molar-refractivity contribution in [2.75, 3.05) is 26.2 Å². The molecule has 0 radical (unpaired) electrons. The van der Waals surface area contributed by atoms with Gasteiger partial charge in [-0.2, -0.15) is 0 Å². The van der Waals surface area contributed by atoms with Crippen LogP contribution in [-0.2, 0) is 9.59 Å². The molecule has 0 bridgehead atoms. The summed E-state index contributed by atoms with van der Waals surface area (Å²) in [6, 6.07) is -0.328. The minimum atomic E-state index is -0.730. The summed E-state index contributed by atoms with van der Waals surface area (Å²) in [4.78, 5) is 39.8. The lowest BCUT2D eigenvalue weighted by Gasteiger charge is -2.34. The summed E-state index contributed by atoms with van der Waals surface area (Å²) in [6.07, 6.45) is 3.27. The van der Waals surface area contributed by atoms with Crippen molar-refractivity contribution in [3.8, 4) is 0 Å². The number of halogens is 1. The molecule has 2 heterocycles. The Bertz CT molecular complexity index is 479. The molecule has 1 spiro atoms. The van der Waals surface area contributed by atoms with Gasteiger partial charge >= 0.3 is 6.03 Å². The molecule has 2 N–H and O–H groups in total. The van der Waals surface area contributed by atoms with Crippen LogP contribution < -0.4 is 10.6 Å². The van der Waals surface area contributed by atoms with Gasteiger partial charge in [-0.05, 0) is 19.8 Å². The number of rotatable bonds is 2. The van der Waals surface area contributed by atoms with Crippen molar-refractivity contribution in [3.05, 3.63) is 0 Å². The average Bonchev–Trinajstić information content (AvgIpc) is 3.01. The van der Waals surface area contributed by atoms with Crippen molar-refractivity contribution in [1.29, 1.82) is 0 Å². The Kier molecular flexibility index (Phi) is 4.97. The predicted octanol–water partition coefficient (Wildman–Crippen LogP) is 0.0931. The summed E-state index contributed by atoms with van der Waals surface area (Å²) in [5.74, 6) is -0.372. The lowest BCUT2D eigenvalue weighted by molar-refractivity contribution is -0.140. The maximum absolute atomic E-state index is 12.5. The van der Waals surface area contributed by atoms with E-state index in [2.05, 4.69) is 10.6 Å². The number of hydrogen-bond donors (Lipinski definition) is 2. The van der Waals surface area contributed by atoms with Crippen LogP contribution in [-0.4, -0.2) is 65.4 Å². The molecule has 3 rings (SSSR count). The third-order valence-electron chi connectivity index (χ3n) is 4.82. The number of piperazine rings is 1. The van der Waals surface area contributed by atoms with E-state index >= 15 is 0 Å². The highest BCUT2D eigenvalue weighted by Gasteiger charge is 2.52. The van der Waals surface area contributed by atoms with Crippen molar-refractivity contribution in [2.45, 2.75) is 44.2 Å². The van der Waals surface area contributed by atoms with Crippen LogP contribution in [0.3, 0.4) is 0 Å². The second-order valence-electron chi connectivity index (χ2n) is 6.25. The van der Waals surface area contributed by atoms with Crippen molar-refractivity contribution in [2.24, 2.45) is 0 Å². The summed E-state index contributed by atoms with van der Waals surface area (Å²) in [5.41, 5.74) is -0.730. The third kappa shape index (κ3) is 2.79. The highest BCUT2D eigenvalue weighted by Crippen LogP contribution is 2.34. The molecular weight excluding hydrogens is 308 g/mol. The van der Waals surface area contributed by atoms with E-state index in [9.17, 15) is 14.4 Å². The van der Waals surface area contributed by atoms with Crippen LogP contribution in [0.25, 0.3) is 0 Å². The topological polar surface area (TPSA) is 81.8 Å². The fourth-order valence-corrected chi connectivity index (χ4v) is 3.57. The largest absolute Gasteiger partial charge is 0.336 e. The molecule has 3 aliphatic rings. The van der Waals surface area contributed by atoms with Gasteiger partial charge in [-0.3, -0.25) is 14.5 Å². The Hall–Kier alpha value is -1.34. The molecule has 8 heteroatoms. The SMILES string of the molecule is CC1CNCCN1C(=O)CN1C(=O)NC2(CCCC2)C1=O.Cl. The third-order valence-corrected chi connectivity index (χ3v) is 4.82. The number of amides is 4. The molecule has 7 nitrogen and oxygen atoms in total. The summed E-state index contributed by atoms with van der Waals surface area (Å²) in [5, 5.41) is 6.02. The monoisotopic (exact) mass is 330 g/mol. The maximum atomic E-state index is 12.5. The minimum Gasteiger partial charge on any atom is -0.336 e. The number of urea groups is 1. The van der Waals surface area contributed by atoms with E-state index in [1.54, 1.807) is 4.90 Å². The van der Waals surface area contributed by atoms with Crippen molar-refractivity contribution in [1.82, 2.24) is 20.4 Å². The van der Waals surface area contributed by atoms with Crippen LogP contribution in [0.4, 0.5) is 4.79 Å². The molecule has 2 aliphatic heterocycles. The Morgan fingerprint density at radius 2 is 2.00 bits per heavy atom. The quantitative estimate of drug-likeness (QED) is 0.703. The zero-order valence-electron chi connectivity index (χ0n) is 12.8. The van der Waals surface area contributed by atoms with Gasteiger partial charge < -0.3 is 15.5 Å². The Labute approximate surface area is 136 Å². The highest BCUT2D eigenvalue weighted by atomic mass is 35.5. The van der Waals surface area contributed by atoms with Crippen molar-refractivity contribution >= 4 is 30.3 Å². The van der Waals surface area contributed by atoms with Crippen LogP contribution in [0, 0.1) is 0 Å². The van der Waals surface area contributed by atoms with Crippen LogP contribution in [0.15, 0.2) is 0 Å². The molecule has 0 aromatic carbocycles. The second kappa shape index (κ2) is 6.42. The summed E-state index contributed by atoms with van der Waals surface area (Å²) in [6.45, 7) is 3.94. The van der Waals surface area contributed by atoms with Gasteiger partial charge in [0.1, 0.15) is 12.1 Å². The van der Waals surface area contributed by atoms with Gasteiger partial charge in [0.05, 0.1) is 0 Å². The van der Waals surface area contributed by atoms with Crippen molar-refractivity contribution in [3.63, 3.8) is 0 Å². The number of carbonyl (C=O) groups is 3. The van der Waals surface area contributed by atoms with Gasteiger partial charge in [0.25, 0.3) is 5.91 Å². The van der Waals surface area contributed by atoms with Crippen LogP contribution >= 0.6 is 12.4 Å². The van der Waals surface area contributed by atoms with Crippen molar-refractivity contribution < 1.29 is 14.4 Å². The molecule has 1 atom stereocenters. The lowest BCUT2D eigenvalue weighted by Crippen LogP contribution is -2.55. The normalized spacial score (nSPS) is 27.0. The first-order valence-electron chi connectivity index (χ1n) is 7.68. The molecule has 1 aliphatic carbocycles. The number of nitrogens with zero attached hydrogens (tertiary/aromatic N) is 2. The summed E-state index contributed by atoms with van der Waals surface area (Å²) >= 11 is 0. The fraction of sp³-hybridized carbons (Fsp3) is 0.786. The molecule has 2 saturated heterocycles. The predicted molar refractivity (Wildman–Crippen MR) is 82.7 cm³/mol. The number of hydrogen-bond acceptors (Lipinski definition) is 4. The first-order valence-corrected chi connectivity index (χ1v) is 7.68. The molecule has 0 aromatic rings. The minimum absolute atomic E-state index is 0. The standard InChI is InChI=1S/C14H22N4O3.ClH/c1-10-8-15-6-7-17(10)11(19)9-18-12(20)14(16-13(18)21)4-2-3-5-14;/h10,15H,2-9H2,1H3,(H,16,21);1H. The molecule has 3 fully saturated rings. The van der Waals surface area contributed by atoms with Gasteiger partial charge in [0.2, 0.25) is 5.91 Å². The van der Waals surface area contributed by atoms with Gasteiger partial charge in [-0.1, -0.05) is 12.8 Å². The second-order valence-corrected chi connectivity index (χ2v) is 6.25. The number of imide groups is 1. The van der Waals surface area contributed by atoms with E-state index in [4.69, 9.17) is 0 Å². The number of nitrogens with one attached hydrogen (secondary N) is 2. The Balaban J connectivity index is 0.00000176. The molecule has 124 valence electrons. The van der Waals surface area contributed by atoms with Crippen LogP contribution in [0.5, 0.6) is 0 Å². The molecule has 1 unspecified atom stereocenters. The molecular formula is C14H23ClN4O3. The van der Waals surface area contributed by atoms with Crippen LogP contribution in [0.1, 0.15) is 32.6 Å². The van der Waals surface area contributed by atoms with E-state index in [1.807, 2.05) is 6.92 Å². The Morgan fingerprint density at radius 3 is 2.64 bits per heavy atom. The molecule has 22 heavy (non-hydrogen) atoms. The Morgan fingerprint density at radius 1 is 1.32 bits per heavy atom. The van der Waals surface area contributed by atoms with Gasteiger partial charge in [-0.25, -0.2) is 4.79 Å². The van der Waals surface area contributed by atoms with E-state index < -0.39 is 11.6 Å². The fourth-order valence-electron chi connectivity index (χ4n) is 3.57. The van der Waals surface area contributed by atoms with E-state index in [1.165, 1.54) is 0 Å².